The molecule has 1 aliphatic carbocycles. The van der Waals surface area contributed by atoms with Crippen LogP contribution in [0.2, 0.25) is 0 Å². The molecule has 4 aromatic rings. The summed E-state index contributed by atoms with van der Waals surface area (Å²) in [7, 11) is -3.91. The van der Waals surface area contributed by atoms with E-state index < -0.39 is 15.9 Å². The molecule has 11 nitrogen and oxygen atoms in total. The number of aryl methyl sites for hydroxylation is 2. The second kappa shape index (κ2) is 11.6. The standard InChI is InChI=1S/C31H36N6O5S/c1-5-22-17-36(43(39,40)28-8-7-15-32-31(28)42-22)18-26-19(3)9-13-25(33-26)24(16-29(38)41-6-2)23-12-14-27-30(20(23)4)34-35-37(27)21-10-11-21/h7-9,12-15,21-22,24H,5-6,10-11,16-18H2,1-4H3/t22-,24?/m1/s1. The monoisotopic (exact) mass is 604 g/mol. The summed E-state index contributed by atoms with van der Waals surface area (Å²) in [6.07, 6.45) is 4.07. The lowest BCUT2D eigenvalue weighted by Crippen LogP contribution is -2.37. The largest absolute Gasteiger partial charge is 0.472 e. The number of fused-ring (bicyclic) bond motifs is 2. The van der Waals surface area contributed by atoms with E-state index in [0.29, 0.717) is 23.9 Å². The van der Waals surface area contributed by atoms with E-state index in [0.717, 1.165) is 40.6 Å². The van der Waals surface area contributed by atoms with Crippen molar-refractivity contribution in [2.45, 2.75) is 82.9 Å². The molecule has 0 amide bonds. The maximum atomic E-state index is 13.8. The zero-order valence-electron chi connectivity index (χ0n) is 24.9. The van der Waals surface area contributed by atoms with Gasteiger partial charge in [0, 0.05) is 17.8 Å². The fourth-order valence-corrected chi connectivity index (χ4v) is 7.18. The molecule has 1 fully saturated rings. The molecular weight excluding hydrogens is 568 g/mol. The third-order valence-corrected chi connectivity index (χ3v) is 10.1. The van der Waals surface area contributed by atoms with Crippen LogP contribution < -0.4 is 4.74 Å². The summed E-state index contributed by atoms with van der Waals surface area (Å²) < 4.78 is 42.3. The van der Waals surface area contributed by atoms with Gasteiger partial charge in [-0.2, -0.15) is 4.31 Å². The van der Waals surface area contributed by atoms with Crippen LogP contribution in [0.25, 0.3) is 11.0 Å². The summed E-state index contributed by atoms with van der Waals surface area (Å²) in [5.41, 5.74) is 5.73. The number of nitrogens with zero attached hydrogens (tertiary/aromatic N) is 6. The summed E-state index contributed by atoms with van der Waals surface area (Å²) in [6, 6.07) is 11.4. The molecular formula is C31H36N6O5S. The van der Waals surface area contributed by atoms with Crippen molar-refractivity contribution >= 4 is 27.0 Å². The summed E-state index contributed by atoms with van der Waals surface area (Å²) in [5, 5.41) is 8.89. The van der Waals surface area contributed by atoms with Crippen molar-refractivity contribution in [3.8, 4) is 5.88 Å². The normalized spacial score (nSPS) is 18.9. The third-order valence-electron chi connectivity index (χ3n) is 8.29. The highest BCUT2D eigenvalue weighted by molar-refractivity contribution is 7.89. The van der Waals surface area contributed by atoms with Crippen molar-refractivity contribution < 1.29 is 22.7 Å². The van der Waals surface area contributed by atoms with E-state index in [4.69, 9.17) is 14.5 Å². The average Bonchev–Trinajstić information content (AvgIpc) is 3.76. The van der Waals surface area contributed by atoms with E-state index in [9.17, 15) is 13.2 Å². The number of esters is 1. The van der Waals surface area contributed by atoms with Crippen LogP contribution in [0, 0.1) is 13.8 Å². The Morgan fingerprint density at radius 3 is 2.70 bits per heavy atom. The minimum atomic E-state index is -3.91. The number of hydrogen-bond acceptors (Lipinski definition) is 9. The minimum Gasteiger partial charge on any atom is -0.472 e. The maximum Gasteiger partial charge on any atom is 0.306 e. The number of carbonyl (C=O) groups is 1. The molecule has 0 spiro atoms. The van der Waals surface area contributed by atoms with Gasteiger partial charge in [-0.15, -0.1) is 5.10 Å². The minimum absolute atomic E-state index is 0.0446. The molecule has 226 valence electrons. The summed E-state index contributed by atoms with van der Waals surface area (Å²) in [4.78, 5) is 22.1. The fourth-order valence-electron chi connectivity index (χ4n) is 5.67. The molecule has 1 aromatic carbocycles. The zero-order chi connectivity index (χ0) is 30.3. The van der Waals surface area contributed by atoms with E-state index in [1.165, 1.54) is 16.6 Å². The van der Waals surface area contributed by atoms with Crippen LogP contribution in [-0.2, 0) is 26.1 Å². The van der Waals surface area contributed by atoms with Crippen LogP contribution in [0.3, 0.4) is 0 Å². The molecule has 6 rings (SSSR count). The van der Waals surface area contributed by atoms with Crippen LogP contribution in [0.4, 0.5) is 0 Å². The highest BCUT2D eigenvalue weighted by Gasteiger charge is 2.36. The lowest BCUT2D eigenvalue weighted by molar-refractivity contribution is -0.143. The average molecular weight is 605 g/mol. The Kier molecular flexibility index (Phi) is 7.91. The molecule has 0 radical (unpaired) electrons. The van der Waals surface area contributed by atoms with Gasteiger partial charge >= 0.3 is 5.97 Å². The molecule has 43 heavy (non-hydrogen) atoms. The Hall–Kier alpha value is -3.90. The fraction of sp³-hybridized carbons (Fsp3) is 0.452. The molecule has 0 N–H and O–H groups in total. The van der Waals surface area contributed by atoms with E-state index in [1.54, 1.807) is 13.0 Å². The number of carbonyl (C=O) groups excluding carboxylic acids is 1. The third kappa shape index (κ3) is 5.61. The molecule has 3 aromatic heterocycles. The number of pyridine rings is 2. The summed E-state index contributed by atoms with van der Waals surface area (Å²) >= 11 is 0. The van der Waals surface area contributed by atoms with Crippen molar-refractivity contribution in [3.05, 3.63) is 70.7 Å². The van der Waals surface area contributed by atoms with Gasteiger partial charge in [-0.25, -0.2) is 18.1 Å². The topological polar surface area (TPSA) is 129 Å². The van der Waals surface area contributed by atoms with E-state index in [-0.39, 0.29) is 49.0 Å². The quantitative estimate of drug-likeness (QED) is 0.251. The van der Waals surface area contributed by atoms with Crippen LogP contribution >= 0.6 is 0 Å². The molecule has 12 heteroatoms. The first-order valence-corrected chi connectivity index (χ1v) is 16.2. The summed E-state index contributed by atoms with van der Waals surface area (Å²) in [6.45, 7) is 8.14. The smallest absolute Gasteiger partial charge is 0.306 e. The molecule has 4 heterocycles. The van der Waals surface area contributed by atoms with E-state index in [1.807, 2.05) is 49.7 Å². The number of aromatic nitrogens is 5. The van der Waals surface area contributed by atoms with Crippen molar-refractivity contribution in [3.63, 3.8) is 0 Å². The Morgan fingerprint density at radius 2 is 1.95 bits per heavy atom. The van der Waals surface area contributed by atoms with Gasteiger partial charge in [0.15, 0.2) is 0 Å². The van der Waals surface area contributed by atoms with Crippen molar-refractivity contribution in [1.82, 2.24) is 29.3 Å². The first-order valence-electron chi connectivity index (χ1n) is 14.8. The van der Waals surface area contributed by atoms with Gasteiger partial charge in [0.2, 0.25) is 15.9 Å². The Labute approximate surface area is 251 Å². The van der Waals surface area contributed by atoms with Crippen LogP contribution in [0.1, 0.15) is 79.6 Å². The van der Waals surface area contributed by atoms with Gasteiger partial charge < -0.3 is 9.47 Å². The Bertz CT molecular complexity index is 1780. The predicted octanol–water partition coefficient (Wildman–Crippen LogP) is 4.62. The van der Waals surface area contributed by atoms with Gasteiger partial charge in [0.05, 0.1) is 43.4 Å². The molecule has 1 saturated carbocycles. The highest BCUT2D eigenvalue weighted by atomic mass is 32.2. The molecule has 0 saturated heterocycles. The highest BCUT2D eigenvalue weighted by Crippen LogP contribution is 2.39. The second-order valence-corrected chi connectivity index (χ2v) is 13.1. The number of hydrogen-bond donors (Lipinski definition) is 0. The number of ether oxygens (including phenoxy) is 2. The van der Waals surface area contributed by atoms with Gasteiger partial charge in [-0.1, -0.05) is 24.3 Å². The zero-order valence-corrected chi connectivity index (χ0v) is 25.7. The van der Waals surface area contributed by atoms with Crippen molar-refractivity contribution in [2.75, 3.05) is 13.2 Å². The van der Waals surface area contributed by atoms with E-state index in [2.05, 4.69) is 15.3 Å². The van der Waals surface area contributed by atoms with Gasteiger partial charge in [0.1, 0.15) is 16.5 Å². The first kappa shape index (κ1) is 29.2. The van der Waals surface area contributed by atoms with Gasteiger partial charge in [-0.05, 0) is 81.0 Å². The van der Waals surface area contributed by atoms with Gasteiger partial charge in [0.25, 0.3) is 0 Å². The van der Waals surface area contributed by atoms with Crippen LogP contribution in [0.15, 0.2) is 47.5 Å². The van der Waals surface area contributed by atoms with E-state index >= 15 is 0 Å². The maximum absolute atomic E-state index is 13.8. The molecule has 2 aliphatic rings. The lowest BCUT2D eigenvalue weighted by atomic mass is 9.88. The number of sulfonamides is 1. The van der Waals surface area contributed by atoms with Crippen LogP contribution in [-0.4, -0.2) is 62.9 Å². The number of rotatable bonds is 9. The molecule has 1 unspecified atom stereocenters. The Morgan fingerprint density at radius 1 is 1.14 bits per heavy atom. The van der Waals surface area contributed by atoms with Crippen molar-refractivity contribution in [1.29, 1.82) is 0 Å². The summed E-state index contributed by atoms with van der Waals surface area (Å²) in [5.74, 6) is -0.639. The molecule has 2 atom stereocenters. The lowest BCUT2D eigenvalue weighted by Gasteiger charge is -2.24. The first-order chi connectivity index (χ1) is 20.7. The Balaban J connectivity index is 1.39. The van der Waals surface area contributed by atoms with Gasteiger partial charge in [-0.3, -0.25) is 9.78 Å². The van der Waals surface area contributed by atoms with Crippen molar-refractivity contribution in [2.24, 2.45) is 0 Å². The molecule has 0 bridgehead atoms. The predicted molar refractivity (Wildman–Crippen MR) is 159 cm³/mol. The number of benzene rings is 1. The second-order valence-electron chi connectivity index (χ2n) is 11.2. The van der Waals surface area contributed by atoms with Crippen LogP contribution in [0.5, 0.6) is 5.88 Å². The molecule has 1 aliphatic heterocycles. The SMILES string of the molecule is CCOC(=O)CC(c1ccc(C)c(CN2C[C@@H](CC)Oc3ncccc3S2(=O)=O)n1)c1ccc2c(nnn2C2CC2)c1C.